The van der Waals surface area contributed by atoms with Gasteiger partial charge in [-0.05, 0) is 51.4 Å². The van der Waals surface area contributed by atoms with E-state index < -0.39 is 0 Å². The van der Waals surface area contributed by atoms with Crippen molar-refractivity contribution in [1.29, 1.82) is 0 Å². The summed E-state index contributed by atoms with van der Waals surface area (Å²) in [5.41, 5.74) is 5.88. The Balaban J connectivity index is 1.68. The SMILES string of the molecule is CC1CC(NC(=O)CC2CCC(N)CC2)CCO1. The molecule has 0 radical (unpaired) electrons. The number of carbonyl (C=O) groups is 1. The van der Waals surface area contributed by atoms with E-state index in [9.17, 15) is 4.79 Å². The normalized spacial score (nSPS) is 37.2. The van der Waals surface area contributed by atoms with E-state index in [1.807, 2.05) is 0 Å². The third-order valence-corrected chi connectivity index (χ3v) is 4.22. The van der Waals surface area contributed by atoms with Crippen LogP contribution in [0.5, 0.6) is 0 Å². The van der Waals surface area contributed by atoms with E-state index in [-0.39, 0.29) is 12.0 Å². The summed E-state index contributed by atoms with van der Waals surface area (Å²) in [5.74, 6) is 0.761. The number of nitrogens with two attached hydrogens (primary N) is 1. The molecule has 1 saturated heterocycles. The first-order valence-electron chi connectivity index (χ1n) is 7.30. The molecule has 1 aliphatic carbocycles. The van der Waals surface area contributed by atoms with Crippen molar-refractivity contribution in [2.75, 3.05) is 6.61 Å². The lowest BCUT2D eigenvalue weighted by atomic mass is 9.84. The molecule has 2 aliphatic rings. The maximum Gasteiger partial charge on any atom is 0.220 e. The summed E-state index contributed by atoms with van der Waals surface area (Å²) >= 11 is 0. The van der Waals surface area contributed by atoms with Crippen LogP contribution in [-0.4, -0.2) is 30.7 Å². The van der Waals surface area contributed by atoms with E-state index in [2.05, 4.69) is 12.2 Å². The summed E-state index contributed by atoms with van der Waals surface area (Å²) in [6, 6.07) is 0.674. The van der Waals surface area contributed by atoms with E-state index in [1.54, 1.807) is 0 Å². The molecule has 0 spiro atoms. The average molecular weight is 254 g/mol. The minimum Gasteiger partial charge on any atom is -0.378 e. The Morgan fingerprint density at radius 2 is 2.00 bits per heavy atom. The van der Waals surface area contributed by atoms with Gasteiger partial charge in [-0.15, -0.1) is 0 Å². The highest BCUT2D eigenvalue weighted by Crippen LogP contribution is 2.26. The Kier molecular flexibility index (Phi) is 5.01. The molecule has 0 aromatic carbocycles. The van der Waals surface area contributed by atoms with Gasteiger partial charge in [0.1, 0.15) is 0 Å². The minimum atomic E-state index is 0.217. The molecule has 0 aromatic rings. The quantitative estimate of drug-likeness (QED) is 0.803. The second kappa shape index (κ2) is 6.53. The first kappa shape index (κ1) is 13.8. The van der Waals surface area contributed by atoms with Crippen molar-refractivity contribution in [3.05, 3.63) is 0 Å². The summed E-state index contributed by atoms with van der Waals surface area (Å²) in [5, 5.41) is 3.16. The Bertz CT molecular complexity index is 275. The van der Waals surface area contributed by atoms with Gasteiger partial charge < -0.3 is 15.8 Å². The number of nitrogens with one attached hydrogen (secondary N) is 1. The van der Waals surface area contributed by atoms with Gasteiger partial charge in [0.05, 0.1) is 6.10 Å². The smallest absolute Gasteiger partial charge is 0.220 e. The van der Waals surface area contributed by atoms with E-state index in [1.165, 1.54) is 0 Å². The highest BCUT2D eigenvalue weighted by molar-refractivity contribution is 5.76. The second-order valence-electron chi connectivity index (χ2n) is 5.96. The molecule has 2 fully saturated rings. The molecule has 2 rings (SSSR count). The topological polar surface area (TPSA) is 64.4 Å². The summed E-state index contributed by atoms with van der Waals surface area (Å²) < 4.78 is 5.49. The maximum absolute atomic E-state index is 12.0. The number of ether oxygens (including phenoxy) is 1. The van der Waals surface area contributed by atoms with Gasteiger partial charge in [-0.1, -0.05) is 0 Å². The number of carbonyl (C=O) groups excluding carboxylic acids is 1. The lowest BCUT2D eigenvalue weighted by molar-refractivity contribution is -0.123. The number of rotatable bonds is 3. The molecule has 0 bridgehead atoms. The molecule has 4 nitrogen and oxygen atoms in total. The molecule has 4 heteroatoms. The summed E-state index contributed by atoms with van der Waals surface area (Å²) in [6.45, 7) is 2.84. The maximum atomic E-state index is 12.0. The van der Waals surface area contributed by atoms with Crippen LogP contribution >= 0.6 is 0 Å². The fourth-order valence-corrected chi connectivity index (χ4v) is 3.07. The molecule has 104 valence electrons. The van der Waals surface area contributed by atoms with Crippen LogP contribution in [0, 0.1) is 5.92 Å². The van der Waals surface area contributed by atoms with Gasteiger partial charge in [-0.3, -0.25) is 4.79 Å². The zero-order valence-electron chi connectivity index (χ0n) is 11.4. The monoisotopic (exact) mass is 254 g/mol. The molecule has 2 unspecified atom stereocenters. The third kappa shape index (κ3) is 4.25. The van der Waals surface area contributed by atoms with Crippen LogP contribution < -0.4 is 11.1 Å². The van der Waals surface area contributed by atoms with E-state index >= 15 is 0 Å². The highest BCUT2D eigenvalue weighted by atomic mass is 16.5. The molecule has 1 heterocycles. The van der Waals surface area contributed by atoms with Crippen LogP contribution in [0.4, 0.5) is 0 Å². The van der Waals surface area contributed by atoms with Crippen molar-refractivity contribution in [3.8, 4) is 0 Å². The number of hydrogen-bond donors (Lipinski definition) is 2. The van der Waals surface area contributed by atoms with Crippen molar-refractivity contribution in [1.82, 2.24) is 5.32 Å². The van der Waals surface area contributed by atoms with Crippen molar-refractivity contribution in [2.24, 2.45) is 11.7 Å². The average Bonchev–Trinajstić information content (AvgIpc) is 2.32. The lowest BCUT2D eigenvalue weighted by Gasteiger charge is -2.29. The zero-order chi connectivity index (χ0) is 13.0. The lowest BCUT2D eigenvalue weighted by Crippen LogP contribution is -2.42. The molecule has 0 aromatic heterocycles. The van der Waals surface area contributed by atoms with Gasteiger partial charge >= 0.3 is 0 Å². The molecule has 2 atom stereocenters. The molecule has 18 heavy (non-hydrogen) atoms. The predicted molar refractivity (Wildman–Crippen MR) is 71.1 cm³/mol. The van der Waals surface area contributed by atoms with Gasteiger partial charge in [-0.2, -0.15) is 0 Å². The first-order chi connectivity index (χ1) is 8.63. The van der Waals surface area contributed by atoms with Crippen LogP contribution in [0.15, 0.2) is 0 Å². The zero-order valence-corrected chi connectivity index (χ0v) is 11.4. The van der Waals surface area contributed by atoms with Crippen molar-refractivity contribution in [2.45, 2.75) is 70.1 Å². The summed E-state index contributed by atoms with van der Waals surface area (Å²) in [6.07, 6.45) is 7.22. The van der Waals surface area contributed by atoms with Gasteiger partial charge in [0, 0.05) is 25.1 Å². The molecule has 1 saturated carbocycles. The van der Waals surface area contributed by atoms with Crippen molar-refractivity contribution < 1.29 is 9.53 Å². The van der Waals surface area contributed by atoms with E-state index in [0.717, 1.165) is 45.1 Å². The summed E-state index contributed by atoms with van der Waals surface area (Å²) in [4.78, 5) is 12.0. The van der Waals surface area contributed by atoms with Gasteiger partial charge in [-0.25, -0.2) is 0 Å². The molecular weight excluding hydrogens is 228 g/mol. The van der Waals surface area contributed by atoms with Crippen LogP contribution in [0.2, 0.25) is 0 Å². The Labute approximate surface area is 110 Å². The second-order valence-corrected chi connectivity index (χ2v) is 5.96. The Morgan fingerprint density at radius 1 is 1.28 bits per heavy atom. The van der Waals surface area contributed by atoms with Crippen LogP contribution in [0.1, 0.15) is 51.9 Å². The highest BCUT2D eigenvalue weighted by Gasteiger charge is 2.24. The molecule has 1 amide bonds. The molecule has 1 aliphatic heterocycles. The standard InChI is InChI=1S/C14H26N2O2/c1-10-8-13(6-7-18-10)16-14(17)9-11-2-4-12(15)5-3-11/h10-13H,2-9,15H2,1H3,(H,16,17). The van der Waals surface area contributed by atoms with E-state index in [0.29, 0.717) is 24.4 Å². The Hall–Kier alpha value is -0.610. The predicted octanol–water partition coefficient (Wildman–Crippen LogP) is 1.58. The fourth-order valence-electron chi connectivity index (χ4n) is 3.07. The Morgan fingerprint density at radius 3 is 2.67 bits per heavy atom. The number of hydrogen-bond acceptors (Lipinski definition) is 3. The van der Waals surface area contributed by atoms with Crippen LogP contribution in [0.3, 0.4) is 0 Å². The number of amides is 1. The van der Waals surface area contributed by atoms with Crippen LogP contribution in [-0.2, 0) is 9.53 Å². The largest absolute Gasteiger partial charge is 0.378 e. The summed E-state index contributed by atoms with van der Waals surface area (Å²) in [7, 11) is 0. The van der Waals surface area contributed by atoms with Crippen molar-refractivity contribution in [3.63, 3.8) is 0 Å². The van der Waals surface area contributed by atoms with Crippen molar-refractivity contribution >= 4 is 5.91 Å². The van der Waals surface area contributed by atoms with E-state index in [4.69, 9.17) is 10.5 Å². The minimum absolute atomic E-state index is 0.217. The first-order valence-corrected chi connectivity index (χ1v) is 7.30. The van der Waals surface area contributed by atoms with Gasteiger partial charge in [0.25, 0.3) is 0 Å². The fraction of sp³-hybridized carbons (Fsp3) is 0.929. The van der Waals surface area contributed by atoms with Gasteiger partial charge in [0.15, 0.2) is 0 Å². The third-order valence-electron chi connectivity index (χ3n) is 4.22. The van der Waals surface area contributed by atoms with Crippen LogP contribution in [0.25, 0.3) is 0 Å². The molecule has 3 N–H and O–H groups in total. The molecular formula is C14H26N2O2. The van der Waals surface area contributed by atoms with Gasteiger partial charge in [0.2, 0.25) is 5.91 Å².